The second kappa shape index (κ2) is 10.5. The van der Waals surface area contributed by atoms with E-state index in [1.165, 1.54) is 33.0 Å². The van der Waals surface area contributed by atoms with Crippen LogP contribution in [0.4, 0.5) is 17.1 Å². The highest BCUT2D eigenvalue weighted by atomic mass is 16.3. The number of aryl methyl sites for hydroxylation is 1. The van der Waals surface area contributed by atoms with Gasteiger partial charge in [0.2, 0.25) is 0 Å². The Hall–Kier alpha value is -6.06. The van der Waals surface area contributed by atoms with Crippen molar-refractivity contribution in [2.24, 2.45) is 0 Å². The van der Waals surface area contributed by atoms with E-state index in [-0.39, 0.29) is 0 Å². The molecule has 218 valence electrons. The van der Waals surface area contributed by atoms with E-state index < -0.39 is 0 Å². The molecular formula is C43H30N2O. The van der Waals surface area contributed by atoms with Gasteiger partial charge in [0.15, 0.2) is 0 Å². The summed E-state index contributed by atoms with van der Waals surface area (Å²) in [6.07, 6.45) is 0. The quantitative estimate of drug-likeness (QED) is 0.199. The van der Waals surface area contributed by atoms with Crippen molar-refractivity contribution in [3.63, 3.8) is 0 Å². The molecule has 2 aromatic heterocycles. The van der Waals surface area contributed by atoms with Crippen LogP contribution in [0.3, 0.4) is 0 Å². The molecule has 7 aromatic carbocycles. The molecule has 2 heterocycles. The van der Waals surface area contributed by atoms with E-state index in [1.54, 1.807) is 0 Å². The first-order chi connectivity index (χ1) is 22.7. The number of para-hydroxylation sites is 3. The molecule has 0 N–H and O–H groups in total. The van der Waals surface area contributed by atoms with E-state index in [2.05, 4.69) is 168 Å². The van der Waals surface area contributed by atoms with Crippen LogP contribution < -0.4 is 4.90 Å². The molecule has 0 spiro atoms. The third-order valence-corrected chi connectivity index (χ3v) is 9.13. The fourth-order valence-electron chi connectivity index (χ4n) is 6.94. The zero-order chi connectivity index (χ0) is 30.6. The summed E-state index contributed by atoms with van der Waals surface area (Å²) in [5, 5.41) is 4.70. The molecule has 9 rings (SSSR count). The second-order valence-electron chi connectivity index (χ2n) is 11.9. The van der Waals surface area contributed by atoms with Crippen LogP contribution in [0.15, 0.2) is 168 Å². The van der Waals surface area contributed by atoms with Crippen molar-refractivity contribution in [3.8, 4) is 16.8 Å². The van der Waals surface area contributed by atoms with E-state index in [0.717, 1.165) is 50.2 Å². The molecule has 0 saturated carbocycles. The second-order valence-corrected chi connectivity index (χ2v) is 11.9. The highest BCUT2D eigenvalue weighted by Gasteiger charge is 2.18. The maximum Gasteiger partial charge on any atom is 0.135 e. The molecule has 0 unspecified atom stereocenters. The summed E-state index contributed by atoms with van der Waals surface area (Å²) in [7, 11) is 0. The largest absolute Gasteiger partial charge is 0.456 e. The van der Waals surface area contributed by atoms with Crippen LogP contribution >= 0.6 is 0 Å². The fourth-order valence-corrected chi connectivity index (χ4v) is 6.94. The molecule has 0 fully saturated rings. The summed E-state index contributed by atoms with van der Waals surface area (Å²) in [5.74, 6) is 0. The van der Waals surface area contributed by atoms with Crippen LogP contribution in [0.1, 0.15) is 5.56 Å². The van der Waals surface area contributed by atoms with Gasteiger partial charge in [-0.25, -0.2) is 0 Å². The van der Waals surface area contributed by atoms with Gasteiger partial charge in [0.25, 0.3) is 0 Å². The number of furan rings is 1. The van der Waals surface area contributed by atoms with Crippen LogP contribution in [0.25, 0.3) is 60.6 Å². The van der Waals surface area contributed by atoms with Gasteiger partial charge in [0.1, 0.15) is 11.2 Å². The molecule has 0 aliphatic heterocycles. The molecule has 0 saturated heterocycles. The molecule has 9 aromatic rings. The number of aromatic nitrogens is 1. The number of rotatable bonds is 5. The van der Waals surface area contributed by atoms with E-state index in [1.807, 2.05) is 12.1 Å². The van der Waals surface area contributed by atoms with Gasteiger partial charge in [-0.05, 0) is 90.3 Å². The van der Waals surface area contributed by atoms with Crippen molar-refractivity contribution in [2.75, 3.05) is 4.90 Å². The van der Waals surface area contributed by atoms with Gasteiger partial charge in [-0.1, -0.05) is 97.1 Å². The summed E-state index contributed by atoms with van der Waals surface area (Å²) in [6.45, 7) is 2.17. The minimum absolute atomic E-state index is 0.899. The van der Waals surface area contributed by atoms with Crippen LogP contribution in [-0.2, 0) is 0 Å². The number of hydrogen-bond acceptors (Lipinski definition) is 2. The van der Waals surface area contributed by atoms with Gasteiger partial charge < -0.3 is 13.9 Å². The average molecular weight is 591 g/mol. The molecule has 46 heavy (non-hydrogen) atoms. The zero-order valence-corrected chi connectivity index (χ0v) is 25.4. The number of hydrogen-bond donors (Lipinski definition) is 0. The summed E-state index contributed by atoms with van der Waals surface area (Å²) in [6, 6.07) is 58.4. The Bertz CT molecular complexity index is 2540. The van der Waals surface area contributed by atoms with Gasteiger partial charge in [-0.3, -0.25) is 0 Å². The van der Waals surface area contributed by atoms with Crippen molar-refractivity contribution in [1.29, 1.82) is 0 Å². The molecule has 0 bridgehead atoms. The summed E-state index contributed by atoms with van der Waals surface area (Å²) < 4.78 is 8.56. The van der Waals surface area contributed by atoms with Gasteiger partial charge in [-0.2, -0.15) is 0 Å². The lowest BCUT2D eigenvalue weighted by molar-refractivity contribution is 0.669. The van der Waals surface area contributed by atoms with E-state index in [9.17, 15) is 0 Å². The standard InChI is InChI=1S/C43H30N2O/c1-29-11-5-6-14-35(29)30-19-21-32(22-20-30)44(31-12-3-2-4-13-31)34-23-25-37-36-15-7-9-17-40(36)45(41(37)28-34)33-24-26-43-39(27-33)38-16-8-10-18-42(38)46-43/h2-28H,1H3. The first-order valence-corrected chi connectivity index (χ1v) is 15.7. The first kappa shape index (κ1) is 26.4. The molecule has 0 aliphatic rings. The van der Waals surface area contributed by atoms with E-state index >= 15 is 0 Å². The smallest absolute Gasteiger partial charge is 0.135 e. The zero-order valence-electron chi connectivity index (χ0n) is 25.4. The fraction of sp³-hybridized carbons (Fsp3) is 0.0233. The van der Waals surface area contributed by atoms with Crippen LogP contribution in [0.5, 0.6) is 0 Å². The van der Waals surface area contributed by atoms with Crippen molar-refractivity contribution in [2.45, 2.75) is 6.92 Å². The minimum Gasteiger partial charge on any atom is -0.456 e. The molecule has 0 aliphatic carbocycles. The Balaban J connectivity index is 1.25. The van der Waals surface area contributed by atoms with Crippen LogP contribution in [0, 0.1) is 6.92 Å². The number of fused-ring (bicyclic) bond motifs is 6. The van der Waals surface area contributed by atoms with Crippen LogP contribution in [0.2, 0.25) is 0 Å². The van der Waals surface area contributed by atoms with Crippen molar-refractivity contribution < 1.29 is 4.42 Å². The Kier molecular flexibility index (Phi) is 6.04. The summed E-state index contributed by atoms with van der Waals surface area (Å²) >= 11 is 0. The Labute approximate surface area is 267 Å². The van der Waals surface area contributed by atoms with Gasteiger partial charge in [0, 0.05) is 44.3 Å². The van der Waals surface area contributed by atoms with Gasteiger partial charge in [0.05, 0.1) is 11.0 Å². The maximum absolute atomic E-state index is 6.18. The molecular weight excluding hydrogens is 560 g/mol. The van der Waals surface area contributed by atoms with Crippen molar-refractivity contribution in [1.82, 2.24) is 4.57 Å². The van der Waals surface area contributed by atoms with Gasteiger partial charge in [-0.15, -0.1) is 0 Å². The predicted octanol–water partition coefficient (Wildman–Crippen LogP) is 12.1. The number of anilines is 3. The number of benzene rings is 7. The SMILES string of the molecule is Cc1ccccc1-c1ccc(N(c2ccccc2)c2ccc3c4ccccc4n(-c4ccc5oc6ccccc6c5c4)c3c2)cc1. The minimum atomic E-state index is 0.899. The normalized spacial score (nSPS) is 11.6. The van der Waals surface area contributed by atoms with E-state index in [0.29, 0.717) is 0 Å². The average Bonchev–Trinajstić information content (AvgIpc) is 3.64. The number of nitrogens with zero attached hydrogens (tertiary/aromatic N) is 2. The lowest BCUT2D eigenvalue weighted by atomic mass is 10.0. The molecule has 0 radical (unpaired) electrons. The van der Waals surface area contributed by atoms with Gasteiger partial charge >= 0.3 is 0 Å². The third kappa shape index (κ3) is 4.21. The lowest BCUT2D eigenvalue weighted by Gasteiger charge is -2.26. The monoisotopic (exact) mass is 590 g/mol. The van der Waals surface area contributed by atoms with E-state index in [4.69, 9.17) is 4.42 Å². The lowest BCUT2D eigenvalue weighted by Crippen LogP contribution is -2.10. The Morgan fingerprint density at radius 1 is 0.457 bits per heavy atom. The first-order valence-electron chi connectivity index (χ1n) is 15.7. The summed E-state index contributed by atoms with van der Waals surface area (Å²) in [4.78, 5) is 2.34. The van der Waals surface area contributed by atoms with Crippen molar-refractivity contribution in [3.05, 3.63) is 169 Å². The maximum atomic E-state index is 6.18. The topological polar surface area (TPSA) is 21.3 Å². The summed E-state index contributed by atoms with van der Waals surface area (Å²) in [5.41, 5.74) is 12.3. The molecule has 0 amide bonds. The Morgan fingerprint density at radius 2 is 1.11 bits per heavy atom. The highest BCUT2D eigenvalue weighted by molar-refractivity contribution is 6.11. The van der Waals surface area contributed by atoms with Crippen LogP contribution in [-0.4, -0.2) is 4.57 Å². The predicted molar refractivity (Wildman–Crippen MR) is 193 cm³/mol. The molecule has 3 heteroatoms. The Morgan fingerprint density at radius 3 is 1.96 bits per heavy atom. The highest BCUT2D eigenvalue weighted by Crippen LogP contribution is 2.41. The third-order valence-electron chi connectivity index (χ3n) is 9.13. The van der Waals surface area contributed by atoms with Crippen molar-refractivity contribution >= 4 is 60.8 Å². The molecule has 3 nitrogen and oxygen atoms in total. The molecule has 0 atom stereocenters.